The minimum Gasteiger partial charge on any atom is -0.459 e. The van der Waals surface area contributed by atoms with E-state index in [0.717, 1.165) is 0 Å². The van der Waals surface area contributed by atoms with Crippen LogP contribution in [0.4, 0.5) is 4.39 Å². The quantitative estimate of drug-likeness (QED) is 0.397. The SMILES string of the molecule is CC(C(=O)OCc1ccccc1Cl)n1cnc2scc(-c3ccc(F)cc3)c2c1=O. The van der Waals surface area contributed by atoms with Crippen LogP contribution >= 0.6 is 22.9 Å². The molecule has 4 aromatic rings. The highest BCUT2D eigenvalue weighted by atomic mass is 35.5. The largest absolute Gasteiger partial charge is 0.459 e. The molecule has 0 bridgehead atoms. The molecule has 0 aliphatic carbocycles. The number of hydrogen-bond acceptors (Lipinski definition) is 5. The van der Waals surface area contributed by atoms with Gasteiger partial charge in [-0.2, -0.15) is 0 Å². The van der Waals surface area contributed by atoms with Crippen molar-refractivity contribution >= 4 is 39.1 Å². The first-order valence-electron chi connectivity index (χ1n) is 9.10. The van der Waals surface area contributed by atoms with Gasteiger partial charge in [-0.1, -0.05) is 41.9 Å². The van der Waals surface area contributed by atoms with E-state index >= 15 is 0 Å². The normalized spacial score (nSPS) is 12.1. The summed E-state index contributed by atoms with van der Waals surface area (Å²) in [6, 6.07) is 12.1. The van der Waals surface area contributed by atoms with Gasteiger partial charge in [0.1, 0.15) is 23.3 Å². The molecule has 0 aliphatic rings. The summed E-state index contributed by atoms with van der Waals surface area (Å²) >= 11 is 7.40. The van der Waals surface area contributed by atoms with Crippen LogP contribution in [0, 0.1) is 5.82 Å². The zero-order chi connectivity index (χ0) is 21.3. The third-order valence-electron chi connectivity index (χ3n) is 4.76. The van der Waals surface area contributed by atoms with Gasteiger partial charge < -0.3 is 4.74 Å². The maximum absolute atomic E-state index is 13.3. The Morgan fingerprint density at radius 1 is 1.23 bits per heavy atom. The minimum absolute atomic E-state index is 0.00650. The van der Waals surface area contributed by atoms with Crippen molar-refractivity contribution < 1.29 is 13.9 Å². The molecule has 152 valence electrons. The van der Waals surface area contributed by atoms with Crippen molar-refractivity contribution in [3.63, 3.8) is 0 Å². The fourth-order valence-corrected chi connectivity index (χ4v) is 4.16. The van der Waals surface area contributed by atoms with E-state index in [2.05, 4.69) is 4.98 Å². The zero-order valence-corrected chi connectivity index (χ0v) is 17.4. The van der Waals surface area contributed by atoms with Crippen molar-refractivity contribution in [1.82, 2.24) is 9.55 Å². The summed E-state index contributed by atoms with van der Waals surface area (Å²) in [5, 5.41) is 2.69. The summed E-state index contributed by atoms with van der Waals surface area (Å²) in [7, 11) is 0. The van der Waals surface area contributed by atoms with E-state index in [-0.39, 0.29) is 18.0 Å². The topological polar surface area (TPSA) is 61.2 Å². The number of rotatable bonds is 5. The van der Waals surface area contributed by atoms with Crippen LogP contribution in [-0.2, 0) is 16.1 Å². The van der Waals surface area contributed by atoms with Gasteiger partial charge in [-0.25, -0.2) is 14.2 Å². The number of esters is 1. The first-order valence-corrected chi connectivity index (χ1v) is 10.4. The van der Waals surface area contributed by atoms with Crippen LogP contribution < -0.4 is 5.56 Å². The molecule has 0 saturated carbocycles. The Labute approximate surface area is 180 Å². The van der Waals surface area contributed by atoms with E-state index in [1.165, 1.54) is 34.4 Å². The van der Waals surface area contributed by atoms with Gasteiger partial charge in [0.2, 0.25) is 0 Å². The predicted octanol–water partition coefficient (Wildman–Crippen LogP) is 5.22. The number of aromatic nitrogens is 2. The van der Waals surface area contributed by atoms with Crippen LogP contribution in [0.3, 0.4) is 0 Å². The second-order valence-electron chi connectivity index (χ2n) is 6.67. The van der Waals surface area contributed by atoms with Crippen molar-refractivity contribution in [3.05, 3.63) is 87.0 Å². The molecule has 0 fully saturated rings. The summed E-state index contributed by atoms with van der Waals surface area (Å²) in [6.07, 6.45) is 1.34. The molecule has 1 atom stereocenters. The van der Waals surface area contributed by atoms with E-state index in [1.54, 1.807) is 48.7 Å². The molecule has 2 aromatic carbocycles. The van der Waals surface area contributed by atoms with Gasteiger partial charge in [0.15, 0.2) is 0 Å². The molecule has 0 N–H and O–H groups in total. The molecule has 0 amide bonds. The molecule has 5 nitrogen and oxygen atoms in total. The van der Waals surface area contributed by atoms with Gasteiger partial charge in [0, 0.05) is 21.5 Å². The average molecular weight is 443 g/mol. The summed E-state index contributed by atoms with van der Waals surface area (Å²) in [5.74, 6) is -0.930. The van der Waals surface area contributed by atoms with Crippen molar-refractivity contribution in [2.45, 2.75) is 19.6 Å². The van der Waals surface area contributed by atoms with Crippen LogP contribution in [0.1, 0.15) is 18.5 Å². The van der Waals surface area contributed by atoms with Crippen molar-refractivity contribution in [3.8, 4) is 11.1 Å². The lowest BCUT2D eigenvalue weighted by Gasteiger charge is -2.14. The maximum Gasteiger partial charge on any atom is 0.329 e. The van der Waals surface area contributed by atoms with Crippen molar-refractivity contribution in [1.29, 1.82) is 0 Å². The number of carbonyl (C=O) groups excluding carboxylic acids is 1. The highest BCUT2D eigenvalue weighted by molar-refractivity contribution is 7.17. The molecule has 0 aliphatic heterocycles. The van der Waals surface area contributed by atoms with Crippen LogP contribution in [0.5, 0.6) is 0 Å². The molecule has 0 saturated heterocycles. The second kappa shape index (κ2) is 8.38. The molecule has 0 radical (unpaired) electrons. The Morgan fingerprint density at radius 2 is 1.97 bits per heavy atom. The molecular formula is C22H16ClFN2O3S. The van der Waals surface area contributed by atoms with Crippen LogP contribution in [0.25, 0.3) is 21.3 Å². The van der Waals surface area contributed by atoms with Gasteiger partial charge in [-0.15, -0.1) is 11.3 Å². The third-order valence-corrected chi connectivity index (χ3v) is 6.02. The number of hydrogen-bond donors (Lipinski definition) is 0. The Morgan fingerprint density at radius 3 is 2.70 bits per heavy atom. The zero-order valence-electron chi connectivity index (χ0n) is 15.8. The smallest absolute Gasteiger partial charge is 0.329 e. The molecule has 8 heteroatoms. The Hall–Kier alpha value is -3.03. The third kappa shape index (κ3) is 3.86. The number of halogens is 2. The predicted molar refractivity (Wildman–Crippen MR) is 115 cm³/mol. The lowest BCUT2D eigenvalue weighted by Crippen LogP contribution is -2.29. The molecule has 0 spiro atoms. The van der Waals surface area contributed by atoms with Crippen molar-refractivity contribution in [2.24, 2.45) is 0 Å². The molecule has 30 heavy (non-hydrogen) atoms. The fraction of sp³-hybridized carbons (Fsp3) is 0.136. The Kier molecular flexibility index (Phi) is 5.65. The Balaban J connectivity index is 1.63. The second-order valence-corrected chi connectivity index (χ2v) is 7.93. The standard InChI is InChI=1S/C22H16ClFN2O3S/c1-13(22(28)29-10-15-4-2-3-5-18(15)23)26-12-25-20-19(21(26)27)17(11-30-20)14-6-8-16(24)9-7-14/h2-9,11-13H,10H2,1H3. The van der Waals surface area contributed by atoms with Gasteiger partial charge in [0.25, 0.3) is 5.56 Å². The summed E-state index contributed by atoms with van der Waals surface area (Å²) in [4.78, 5) is 30.6. The van der Waals surface area contributed by atoms with E-state index < -0.39 is 12.0 Å². The maximum atomic E-state index is 13.3. The number of benzene rings is 2. The highest BCUT2D eigenvalue weighted by Crippen LogP contribution is 2.31. The summed E-state index contributed by atoms with van der Waals surface area (Å²) in [6.45, 7) is 1.58. The van der Waals surface area contributed by atoms with Gasteiger partial charge in [0.05, 0.1) is 11.7 Å². The Bertz CT molecular complexity index is 1280. The number of carbonyl (C=O) groups is 1. The van der Waals surface area contributed by atoms with Gasteiger partial charge in [-0.3, -0.25) is 9.36 Å². The molecular weight excluding hydrogens is 427 g/mol. The number of ether oxygens (including phenoxy) is 1. The monoisotopic (exact) mass is 442 g/mol. The first kappa shape index (κ1) is 20.3. The summed E-state index contributed by atoms with van der Waals surface area (Å²) < 4.78 is 19.9. The van der Waals surface area contributed by atoms with E-state index in [9.17, 15) is 14.0 Å². The number of thiophene rings is 1. The highest BCUT2D eigenvalue weighted by Gasteiger charge is 2.21. The van der Waals surface area contributed by atoms with Crippen LogP contribution in [0.2, 0.25) is 5.02 Å². The van der Waals surface area contributed by atoms with Crippen LogP contribution in [0.15, 0.2) is 65.0 Å². The van der Waals surface area contributed by atoms with Crippen LogP contribution in [-0.4, -0.2) is 15.5 Å². The van der Waals surface area contributed by atoms with E-state index in [1.807, 2.05) is 0 Å². The van der Waals surface area contributed by atoms with E-state index in [0.29, 0.717) is 31.9 Å². The first-order chi connectivity index (χ1) is 14.5. The summed E-state index contributed by atoms with van der Waals surface area (Å²) in [5.41, 5.74) is 1.67. The minimum atomic E-state index is -0.877. The van der Waals surface area contributed by atoms with Gasteiger partial charge in [-0.05, 0) is 30.7 Å². The van der Waals surface area contributed by atoms with Gasteiger partial charge >= 0.3 is 5.97 Å². The fourth-order valence-electron chi connectivity index (χ4n) is 3.06. The number of nitrogens with zero attached hydrogens (tertiary/aromatic N) is 2. The van der Waals surface area contributed by atoms with E-state index in [4.69, 9.17) is 16.3 Å². The molecule has 2 aromatic heterocycles. The lowest BCUT2D eigenvalue weighted by molar-refractivity contribution is -0.148. The lowest BCUT2D eigenvalue weighted by atomic mass is 10.1. The van der Waals surface area contributed by atoms with Crippen molar-refractivity contribution in [2.75, 3.05) is 0 Å². The molecule has 4 rings (SSSR count). The average Bonchev–Trinajstić information content (AvgIpc) is 3.18. The molecule has 1 unspecified atom stereocenters. The molecule has 2 heterocycles. The number of fused-ring (bicyclic) bond motifs is 1.